The Morgan fingerprint density at radius 1 is 1.33 bits per heavy atom. The average molecular weight is 317 g/mol. The van der Waals surface area contributed by atoms with Crippen molar-refractivity contribution in [3.05, 3.63) is 40.9 Å². The Morgan fingerprint density at radius 2 is 2.05 bits per heavy atom. The number of urea groups is 1. The van der Waals surface area contributed by atoms with Crippen molar-refractivity contribution in [2.45, 2.75) is 24.6 Å². The van der Waals surface area contributed by atoms with Crippen molar-refractivity contribution in [3.8, 4) is 0 Å². The summed E-state index contributed by atoms with van der Waals surface area (Å²) >= 11 is 5.83. The van der Waals surface area contributed by atoms with Gasteiger partial charge in [-0.15, -0.1) is 0 Å². The Labute approximate surface area is 124 Å². The molecule has 1 aromatic rings. The van der Waals surface area contributed by atoms with Crippen LogP contribution in [0.1, 0.15) is 18.4 Å². The first kappa shape index (κ1) is 14.3. The van der Waals surface area contributed by atoms with Gasteiger partial charge in [-0.25, -0.2) is 4.79 Å². The van der Waals surface area contributed by atoms with Gasteiger partial charge >= 0.3 is 12.2 Å². The van der Waals surface area contributed by atoms with Crippen LogP contribution in [0.5, 0.6) is 0 Å². The minimum absolute atomic E-state index is 0.0981. The number of nitrogens with one attached hydrogen (secondary N) is 2. The Morgan fingerprint density at radius 3 is 2.67 bits per heavy atom. The van der Waals surface area contributed by atoms with Gasteiger partial charge in [-0.3, -0.25) is 0 Å². The van der Waals surface area contributed by atoms with Gasteiger partial charge < -0.3 is 10.6 Å². The zero-order valence-corrected chi connectivity index (χ0v) is 11.6. The third kappa shape index (κ3) is 2.48. The third-order valence-corrected chi connectivity index (χ3v) is 3.89. The molecule has 0 unspecified atom stereocenters. The number of fused-ring (bicyclic) bond motifs is 1. The molecule has 2 aliphatic rings. The minimum atomic E-state index is -4.67. The molecule has 0 bridgehead atoms. The van der Waals surface area contributed by atoms with Crippen LogP contribution in [0.4, 0.5) is 23.7 Å². The van der Waals surface area contributed by atoms with Crippen molar-refractivity contribution in [1.82, 2.24) is 5.32 Å². The lowest BCUT2D eigenvalue weighted by molar-refractivity contribution is -0.181. The summed E-state index contributed by atoms with van der Waals surface area (Å²) in [4.78, 5) is 11.6. The predicted octanol–water partition coefficient (Wildman–Crippen LogP) is 4.20. The summed E-state index contributed by atoms with van der Waals surface area (Å²) in [6.07, 6.45) is -0.365. The van der Waals surface area contributed by atoms with Gasteiger partial charge in [-0.05, 0) is 43.0 Å². The number of alkyl halides is 3. The number of carbonyl (C=O) groups is 1. The van der Waals surface area contributed by atoms with Crippen LogP contribution in [0.25, 0.3) is 0 Å². The highest BCUT2D eigenvalue weighted by Gasteiger charge is 2.58. The molecule has 21 heavy (non-hydrogen) atoms. The Hall–Kier alpha value is -1.69. The maximum Gasteiger partial charge on any atom is 0.419 e. The molecule has 1 heterocycles. The van der Waals surface area contributed by atoms with Gasteiger partial charge in [-0.1, -0.05) is 17.7 Å². The number of amides is 2. The van der Waals surface area contributed by atoms with Crippen molar-refractivity contribution in [1.29, 1.82) is 0 Å². The van der Waals surface area contributed by atoms with E-state index in [0.717, 1.165) is 18.9 Å². The number of carbonyl (C=O) groups excluding carboxylic acids is 1. The molecule has 0 spiro atoms. The minimum Gasteiger partial charge on any atom is -0.316 e. The lowest BCUT2D eigenvalue weighted by Crippen LogP contribution is -2.58. The first-order chi connectivity index (χ1) is 9.82. The van der Waals surface area contributed by atoms with Gasteiger partial charge in [0.25, 0.3) is 0 Å². The summed E-state index contributed by atoms with van der Waals surface area (Å²) in [6.45, 7) is 0. The molecule has 0 aromatic heterocycles. The van der Waals surface area contributed by atoms with Gasteiger partial charge in [0.15, 0.2) is 5.54 Å². The topological polar surface area (TPSA) is 41.1 Å². The monoisotopic (exact) mass is 316 g/mol. The van der Waals surface area contributed by atoms with E-state index >= 15 is 0 Å². The maximum absolute atomic E-state index is 13.7. The van der Waals surface area contributed by atoms with Gasteiger partial charge in [0.1, 0.15) is 0 Å². The van der Waals surface area contributed by atoms with E-state index in [4.69, 9.17) is 11.6 Å². The molecular formula is C14H12ClF3N2O. The van der Waals surface area contributed by atoms with E-state index in [0.29, 0.717) is 0 Å². The average Bonchev–Trinajstić information content (AvgIpc) is 3.19. The zero-order valence-electron chi connectivity index (χ0n) is 10.8. The van der Waals surface area contributed by atoms with E-state index in [9.17, 15) is 18.0 Å². The lowest BCUT2D eigenvalue weighted by atomic mass is 9.85. The van der Waals surface area contributed by atoms with E-state index in [2.05, 4.69) is 5.32 Å². The normalized spacial score (nSPS) is 25.4. The summed E-state index contributed by atoms with van der Waals surface area (Å²) in [6, 6.07) is 3.16. The van der Waals surface area contributed by atoms with E-state index in [1.165, 1.54) is 24.3 Å². The zero-order chi connectivity index (χ0) is 15.3. The van der Waals surface area contributed by atoms with Crippen molar-refractivity contribution < 1.29 is 18.0 Å². The van der Waals surface area contributed by atoms with Crippen molar-refractivity contribution in [2.24, 2.45) is 5.92 Å². The number of hydrogen-bond donors (Lipinski definition) is 2. The van der Waals surface area contributed by atoms with Crippen molar-refractivity contribution in [2.75, 3.05) is 5.32 Å². The van der Waals surface area contributed by atoms with Gasteiger partial charge in [0, 0.05) is 16.3 Å². The molecule has 1 aliphatic carbocycles. The van der Waals surface area contributed by atoms with E-state index in [1.807, 2.05) is 5.32 Å². The third-order valence-electron chi connectivity index (χ3n) is 3.65. The van der Waals surface area contributed by atoms with Gasteiger partial charge in [0.05, 0.1) is 0 Å². The van der Waals surface area contributed by atoms with Crippen molar-refractivity contribution in [3.63, 3.8) is 0 Å². The number of benzene rings is 1. The summed E-state index contributed by atoms with van der Waals surface area (Å²) in [5.41, 5.74) is -2.53. The Bertz CT molecular complexity index is 625. The van der Waals surface area contributed by atoms with Crippen LogP contribution in [0.3, 0.4) is 0 Å². The summed E-state index contributed by atoms with van der Waals surface area (Å²) in [5.74, 6) is 0.152. The second kappa shape index (κ2) is 4.66. The largest absolute Gasteiger partial charge is 0.419 e. The highest BCUT2D eigenvalue weighted by Crippen LogP contribution is 2.46. The van der Waals surface area contributed by atoms with Crippen LogP contribution in [0, 0.1) is 5.92 Å². The number of allylic oxidation sites excluding steroid dienone is 1. The molecule has 3 nitrogen and oxygen atoms in total. The first-order valence-corrected chi connectivity index (χ1v) is 6.85. The summed E-state index contributed by atoms with van der Waals surface area (Å²) in [5, 5.41) is 4.57. The highest BCUT2D eigenvalue weighted by atomic mass is 35.5. The molecule has 1 fully saturated rings. The van der Waals surface area contributed by atoms with Crippen LogP contribution >= 0.6 is 11.6 Å². The molecule has 1 atom stereocenters. The SMILES string of the molecule is O=C1Nc2ccc(Cl)cc2[C@@](/C=C/C2CC2)(C(F)(F)F)N1. The molecule has 0 saturated heterocycles. The molecule has 2 N–H and O–H groups in total. The fourth-order valence-electron chi connectivity index (χ4n) is 2.37. The molecule has 3 rings (SSSR count). The van der Waals surface area contributed by atoms with Crippen LogP contribution in [-0.2, 0) is 5.54 Å². The standard InChI is InChI=1S/C14H12ClF3N2O/c15-9-3-4-11-10(7-9)13(14(16,17)18,20-12(21)19-11)6-5-8-1-2-8/h3-8H,1-2H2,(H2,19,20,21)/b6-5+/t13-/m0/s1. The first-order valence-electron chi connectivity index (χ1n) is 6.47. The fourth-order valence-corrected chi connectivity index (χ4v) is 2.54. The van der Waals surface area contributed by atoms with E-state index < -0.39 is 17.7 Å². The number of rotatable bonds is 2. The van der Waals surface area contributed by atoms with Crippen LogP contribution in [0.2, 0.25) is 5.02 Å². The van der Waals surface area contributed by atoms with Crippen molar-refractivity contribution >= 4 is 23.3 Å². The van der Waals surface area contributed by atoms with Gasteiger partial charge in [-0.2, -0.15) is 13.2 Å². The molecule has 112 valence electrons. The fraction of sp³-hybridized carbons (Fsp3) is 0.357. The molecule has 0 radical (unpaired) electrons. The molecule has 1 aromatic carbocycles. The van der Waals surface area contributed by atoms with Gasteiger partial charge in [0.2, 0.25) is 0 Å². The summed E-state index contributed by atoms with van der Waals surface area (Å²) in [7, 11) is 0. The molecular weight excluding hydrogens is 305 g/mol. The quantitative estimate of drug-likeness (QED) is 0.789. The van der Waals surface area contributed by atoms with E-state index in [-0.39, 0.29) is 22.2 Å². The molecule has 1 saturated carbocycles. The smallest absolute Gasteiger partial charge is 0.316 e. The molecule has 2 amide bonds. The number of anilines is 1. The summed E-state index contributed by atoms with van der Waals surface area (Å²) < 4.78 is 41.1. The Kier molecular flexibility index (Phi) is 3.16. The Balaban J connectivity index is 2.18. The second-order valence-electron chi connectivity index (χ2n) is 5.27. The van der Waals surface area contributed by atoms with E-state index in [1.54, 1.807) is 0 Å². The predicted molar refractivity (Wildman–Crippen MR) is 73.2 cm³/mol. The highest BCUT2D eigenvalue weighted by molar-refractivity contribution is 6.30. The molecule has 1 aliphatic heterocycles. The van der Waals surface area contributed by atoms with Crippen LogP contribution < -0.4 is 10.6 Å². The second-order valence-corrected chi connectivity index (χ2v) is 5.71. The lowest BCUT2D eigenvalue weighted by Gasteiger charge is -2.39. The molecule has 7 heteroatoms. The van der Waals surface area contributed by atoms with Crippen LogP contribution in [-0.4, -0.2) is 12.2 Å². The maximum atomic E-state index is 13.7. The van der Waals surface area contributed by atoms with Crippen LogP contribution in [0.15, 0.2) is 30.4 Å². The number of hydrogen-bond acceptors (Lipinski definition) is 1. The number of halogens is 4.